The van der Waals surface area contributed by atoms with Gasteiger partial charge in [0.1, 0.15) is 5.60 Å². The minimum atomic E-state index is -0.512. The van der Waals surface area contributed by atoms with Gasteiger partial charge >= 0.3 is 6.09 Å². The predicted octanol–water partition coefficient (Wildman–Crippen LogP) is 3.12. The van der Waals surface area contributed by atoms with Gasteiger partial charge in [0, 0.05) is 38.8 Å². The minimum Gasteiger partial charge on any atom is -0.444 e. The van der Waals surface area contributed by atoms with Gasteiger partial charge in [0.2, 0.25) is 0 Å². The van der Waals surface area contributed by atoms with Crippen molar-refractivity contribution in [3.05, 3.63) is 35.4 Å². The molecule has 1 heterocycles. The number of likely N-dealkylation sites (tertiary alicyclic amines) is 1. The molecule has 0 bridgehead atoms. The highest BCUT2D eigenvalue weighted by molar-refractivity contribution is 14.0. The Kier molecular flexibility index (Phi) is 11.1. The van der Waals surface area contributed by atoms with Crippen LogP contribution < -0.4 is 16.0 Å². The van der Waals surface area contributed by atoms with Crippen molar-refractivity contribution in [3.63, 3.8) is 0 Å². The van der Waals surface area contributed by atoms with Crippen molar-refractivity contribution in [2.24, 2.45) is 4.99 Å². The van der Waals surface area contributed by atoms with Gasteiger partial charge in [-0.15, -0.1) is 24.0 Å². The quantitative estimate of drug-likeness (QED) is 0.290. The third-order valence-electron chi connectivity index (χ3n) is 4.60. The maximum Gasteiger partial charge on any atom is 0.407 e. The molecule has 9 heteroatoms. The van der Waals surface area contributed by atoms with Gasteiger partial charge in [-0.3, -0.25) is 9.79 Å². The van der Waals surface area contributed by atoms with E-state index in [9.17, 15) is 9.59 Å². The van der Waals surface area contributed by atoms with Crippen molar-refractivity contribution >= 4 is 41.9 Å². The average molecular weight is 545 g/mol. The van der Waals surface area contributed by atoms with E-state index in [0.29, 0.717) is 25.2 Å². The summed E-state index contributed by atoms with van der Waals surface area (Å²) in [5, 5.41) is 9.17. The van der Waals surface area contributed by atoms with E-state index in [4.69, 9.17) is 4.74 Å². The van der Waals surface area contributed by atoms with Crippen LogP contribution in [0, 0.1) is 0 Å². The summed E-state index contributed by atoms with van der Waals surface area (Å²) in [6.07, 6.45) is 1.34. The summed E-state index contributed by atoms with van der Waals surface area (Å²) < 4.78 is 5.33. The van der Waals surface area contributed by atoms with Crippen molar-refractivity contribution in [2.45, 2.75) is 58.7 Å². The predicted molar refractivity (Wildman–Crippen MR) is 134 cm³/mol. The lowest BCUT2D eigenvalue weighted by molar-refractivity contribution is 0.0507. The topological polar surface area (TPSA) is 95.1 Å². The molecule has 1 fully saturated rings. The molecule has 1 aliphatic heterocycles. The standard InChI is InChI=1S/C22H35N5O3.HI/c1-6-11-24-19(28)17-9-7-8-16(13-17)14-25-20(23-5)27-12-10-18(15-27)26-21(29)30-22(2,3)4;/h7-9,13,18H,6,10-12,14-15H2,1-5H3,(H,23,25)(H,24,28)(H,26,29);1H. The maximum atomic E-state index is 12.2. The number of halogens is 1. The van der Waals surface area contributed by atoms with Crippen molar-refractivity contribution < 1.29 is 14.3 Å². The van der Waals surface area contributed by atoms with Gasteiger partial charge in [0.25, 0.3) is 5.91 Å². The molecular formula is C22H36IN5O3. The second kappa shape index (κ2) is 12.7. The largest absolute Gasteiger partial charge is 0.444 e. The Hall–Kier alpha value is -2.04. The number of guanidine groups is 1. The van der Waals surface area contributed by atoms with Gasteiger partial charge in [0.05, 0.1) is 6.04 Å². The van der Waals surface area contributed by atoms with E-state index >= 15 is 0 Å². The first-order valence-electron chi connectivity index (χ1n) is 10.5. The van der Waals surface area contributed by atoms with Crippen LogP contribution in [0.4, 0.5) is 4.79 Å². The van der Waals surface area contributed by atoms with Crippen molar-refractivity contribution in [1.82, 2.24) is 20.9 Å². The van der Waals surface area contributed by atoms with Crippen LogP contribution in [0.1, 0.15) is 56.5 Å². The summed E-state index contributed by atoms with van der Waals surface area (Å²) >= 11 is 0. The van der Waals surface area contributed by atoms with Crippen LogP contribution in [0.15, 0.2) is 29.3 Å². The Morgan fingerprint density at radius 3 is 2.65 bits per heavy atom. The van der Waals surface area contributed by atoms with E-state index in [0.717, 1.165) is 30.9 Å². The molecule has 1 aromatic carbocycles. The molecule has 0 saturated carbocycles. The Morgan fingerprint density at radius 1 is 1.26 bits per heavy atom. The Labute approximate surface area is 202 Å². The number of amides is 2. The number of aliphatic imine (C=N–C) groups is 1. The monoisotopic (exact) mass is 545 g/mol. The van der Waals surface area contributed by atoms with Gasteiger partial charge in [0.15, 0.2) is 5.96 Å². The molecule has 1 atom stereocenters. The van der Waals surface area contributed by atoms with Crippen LogP contribution in [-0.4, -0.2) is 61.2 Å². The molecule has 0 radical (unpaired) electrons. The molecule has 1 unspecified atom stereocenters. The molecule has 2 amide bonds. The lowest BCUT2D eigenvalue weighted by Gasteiger charge is -2.23. The normalized spacial score (nSPS) is 16.4. The molecule has 0 aromatic heterocycles. The van der Waals surface area contributed by atoms with Gasteiger partial charge in [-0.2, -0.15) is 0 Å². The fraction of sp³-hybridized carbons (Fsp3) is 0.591. The Balaban J connectivity index is 0.00000480. The summed E-state index contributed by atoms with van der Waals surface area (Å²) in [6, 6.07) is 7.59. The van der Waals surface area contributed by atoms with Crippen molar-refractivity contribution in [2.75, 3.05) is 26.7 Å². The van der Waals surface area contributed by atoms with Crippen LogP contribution in [0.3, 0.4) is 0 Å². The zero-order valence-corrected chi connectivity index (χ0v) is 21.5. The molecule has 3 N–H and O–H groups in total. The number of benzene rings is 1. The van der Waals surface area contributed by atoms with Crippen molar-refractivity contribution in [1.29, 1.82) is 0 Å². The van der Waals surface area contributed by atoms with Gasteiger partial charge in [-0.05, 0) is 51.3 Å². The van der Waals surface area contributed by atoms with E-state index in [-0.39, 0.29) is 35.9 Å². The summed E-state index contributed by atoms with van der Waals surface area (Å²) in [6.45, 7) is 10.3. The molecule has 31 heavy (non-hydrogen) atoms. The van der Waals surface area contributed by atoms with Crippen LogP contribution in [0.25, 0.3) is 0 Å². The van der Waals surface area contributed by atoms with E-state index in [1.54, 1.807) is 7.05 Å². The number of ether oxygens (including phenoxy) is 1. The molecule has 0 spiro atoms. The number of nitrogens with one attached hydrogen (secondary N) is 3. The molecule has 0 aliphatic carbocycles. The highest BCUT2D eigenvalue weighted by atomic mass is 127. The minimum absolute atomic E-state index is 0. The van der Waals surface area contributed by atoms with Crippen LogP contribution in [0.5, 0.6) is 0 Å². The van der Waals surface area contributed by atoms with E-state index in [1.165, 1.54) is 0 Å². The first-order chi connectivity index (χ1) is 14.2. The zero-order chi connectivity index (χ0) is 22.1. The molecule has 1 saturated heterocycles. The zero-order valence-electron chi connectivity index (χ0n) is 19.2. The number of nitrogens with zero attached hydrogens (tertiary/aromatic N) is 2. The summed E-state index contributed by atoms with van der Waals surface area (Å²) in [7, 11) is 1.74. The van der Waals surface area contributed by atoms with E-state index < -0.39 is 11.7 Å². The lowest BCUT2D eigenvalue weighted by atomic mass is 10.1. The first-order valence-corrected chi connectivity index (χ1v) is 10.5. The van der Waals surface area contributed by atoms with Gasteiger partial charge in [-0.1, -0.05) is 19.1 Å². The number of hydrogen-bond acceptors (Lipinski definition) is 4. The smallest absolute Gasteiger partial charge is 0.407 e. The SMILES string of the molecule is CCCNC(=O)c1cccc(CNC(=NC)N2CCC(NC(=O)OC(C)(C)C)C2)c1.I. The second-order valence-corrected chi connectivity index (χ2v) is 8.43. The number of hydrogen-bond donors (Lipinski definition) is 3. The Morgan fingerprint density at radius 2 is 2.00 bits per heavy atom. The number of carbonyl (C=O) groups excluding carboxylic acids is 2. The third-order valence-corrected chi connectivity index (χ3v) is 4.60. The maximum absolute atomic E-state index is 12.2. The summed E-state index contributed by atoms with van der Waals surface area (Å²) in [5.74, 6) is 0.711. The first kappa shape index (κ1) is 27.0. The lowest BCUT2D eigenvalue weighted by Crippen LogP contribution is -2.44. The fourth-order valence-electron chi connectivity index (χ4n) is 3.22. The molecule has 2 rings (SSSR count). The molecular weight excluding hydrogens is 509 g/mol. The van der Waals surface area contributed by atoms with Crippen molar-refractivity contribution in [3.8, 4) is 0 Å². The van der Waals surface area contributed by atoms with Crippen LogP contribution >= 0.6 is 24.0 Å². The van der Waals surface area contributed by atoms with E-state index in [2.05, 4.69) is 25.8 Å². The fourth-order valence-corrected chi connectivity index (χ4v) is 3.22. The van der Waals surface area contributed by atoms with Crippen LogP contribution in [-0.2, 0) is 11.3 Å². The molecule has 174 valence electrons. The number of alkyl carbamates (subject to hydrolysis) is 1. The number of carbonyl (C=O) groups is 2. The second-order valence-electron chi connectivity index (χ2n) is 8.43. The van der Waals surface area contributed by atoms with E-state index in [1.807, 2.05) is 52.0 Å². The van der Waals surface area contributed by atoms with Crippen LogP contribution in [0.2, 0.25) is 0 Å². The Bertz CT molecular complexity index is 764. The molecule has 1 aliphatic rings. The molecule has 8 nitrogen and oxygen atoms in total. The third kappa shape index (κ3) is 9.32. The highest BCUT2D eigenvalue weighted by Gasteiger charge is 2.27. The number of rotatable bonds is 6. The molecule has 1 aromatic rings. The highest BCUT2D eigenvalue weighted by Crippen LogP contribution is 2.12. The van der Waals surface area contributed by atoms with Gasteiger partial charge < -0.3 is 25.6 Å². The summed E-state index contributed by atoms with van der Waals surface area (Å²) in [4.78, 5) is 30.6. The summed E-state index contributed by atoms with van der Waals surface area (Å²) in [5.41, 5.74) is 1.14. The van der Waals surface area contributed by atoms with Gasteiger partial charge in [-0.25, -0.2) is 4.79 Å². The average Bonchev–Trinajstić information content (AvgIpc) is 3.13.